The van der Waals surface area contributed by atoms with Crippen molar-refractivity contribution in [1.29, 1.82) is 0 Å². The molecule has 3 heterocycles. The topological polar surface area (TPSA) is 69.6 Å². The van der Waals surface area contributed by atoms with Crippen molar-refractivity contribution in [3.05, 3.63) is 34.3 Å². The van der Waals surface area contributed by atoms with Crippen LogP contribution in [0.25, 0.3) is 11.2 Å². The summed E-state index contributed by atoms with van der Waals surface area (Å²) in [4.78, 5) is 13.1. The fourth-order valence-corrected chi connectivity index (χ4v) is 2.49. The molecule has 0 aromatic carbocycles. The van der Waals surface area contributed by atoms with Gasteiger partial charge in [-0.25, -0.2) is 9.97 Å². The summed E-state index contributed by atoms with van der Waals surface area (Å²) in [6.45, 7) is 4.05. The molecule has 3 aromatic rings. The second-order valence-electron chi connectivity index (χ2n) is 4.40. The van der Waals surface area contributed by atoms with E-state index in [2.05, 4.69) is 36.0 Å². The monoisotopic (exact) mass is 355 g/mol. The zero-order valence-corrected chi connectivity index (χ0v) is 13.2. The summed E-state index contributed by atoms with van der Waals surface area (Å²) >= 11 is 9.59. The van der Waals surface area contributed by atoms with Crippen LogP contribution < -0.4 is 0 Å². The minimum atomic E-state index is -0.244. The third-order valence-corrected chi connectivity index (χ3v) is 3.43. The molecule has 8 heteroatoms. The van der Waals surface area contributed by atoms with E-state index in [9.17, 15) is 0 Å². The quantitative estimate of drug-likeness (QED) is 0.674. The molecular weight excluding hydrogens is 346 g/mol. The predicted molar refractivity (Wildman–Crippen MR) is 77.6 cm³/mol. The van der Waals surface area contributed by atoms with Crippen LogP contribution in [0, 0.1) is 6.92 Å². The first kappa shape index (κ1) is 13.5. The van der Waals surface area contributed by atoms with E-state index in [-0.39, 0.29) is 5.38 Å². The van der Waals surface area contributed by atoms with Gasteiger partial charge in [-0.3, -0.25) is 0 Å². The molecule has 0 fully saturated rings. The lowest BCUT2D eigenvalue weighted by atomic mass is 10.4. The first-order valence-electron chi connectivity index (χ1n) is 5.99. The Morgan fingerprint density at radius 2 is 2.25 bits per heavy atom. The van der Waals surface area contributed by atoms with Gasteiger partial charge in [-0.1, -0.05) is 5.16 Å². The van der Waals surface area contributed by atoms with E-state index >= 15 is 0 Å². The van der Waals surface area contributed by atoms with Crippen molar-refractivity contribution in [2.45, 2.75) is 25.8 Å². The Labute approximate surface area is 128 Å². The molecule has 0 saturated heterocycles. The molecule has 3 aromatic heterocycles. The van der Waals surface area contributed by atoms with Gasteiger partial charge in [-0.15, -0.1) is 11.6 Å². The van der Waals surface area contributed by atoms with E-state index < -0.39 is 0 Å². The van der Waals surface area contributed by atoms with Crippen LogP contribution >= 0.6 is 27.5 Å². The minimum absolute atomic E-state index is 0.244. The van der Waals surface area contributed by atoms with Crippen LogP contribution in [0.15, 0.2) is 21.3 Å². The van der Waals surface area contributed by atoms with Crippen molar-refractivity contribution in [2.75, 3.05) is 0 Å². The molecule has 20 heavy (non-hydrogen) atoms. The summed E-state index contributed by atoms with van der Waals surface area (Å²) in [5.74, 6) is 1.83. The number of pyridine rings is 1. The Balaban J connectivity index is 2.13. The molecule has 0 N–H and O–H groups in total. The van der Waals surface area contributed by atoms with Gasteiger partial charge in [0.2, 0.25) is 5.89 Å². The van der Waals surface area contributed by atoms with Crippen LogP contribution in [-0.4, -0.2) is 24.7 Å². The minimum Gasteiger partial charge on any atom is -0.337 e. The van der Waals surface area contributed by atoms with Crippen LogP contribution in [-0.2, 0) is 6.54 Å². The summed E-state index contributed by atoms with van der Waals surface area (Å²) < 4.78 is 7.92. The average Bonchev–Trinajstić information content (AvgIpc) is 2.94. The summed E-state index contributed by atoms with van der Waals surface area (Å²) in [6, 6.07) is 1.90. The summed E-state index contributed by atoms with van der Waals surface area (Å²) in [5.41, 5.74) is 1.52. The molecule has 0 radical (unpaired) electrons. The molecule has 0 aliphatic carbocycles. The number of halogens is 2. The fourth-order valence-electron chi connectivity index (χ4n) is 2.00. The van der Waals surface area contributed by atoms with E-state index in [4.69, 9.17) is 16.1 Å². The number of aryl methyl sites for hydroxylation is 1. The molecule has 0 spiro atoms. The smallest absolute Gasteiger partial charge is 0.246 e. The van der Waals surface area contributed by atoms with Gasteiger partial charge in [0.25, 0.3) is 0 Å². The van der Waals surface area contributed by atoms with Gasteiger partial charge < -0.3 is 9.09 Å². The molecule has 0 bridgehead atoms. The van der Waals surface area contributed by atoms with Crippen LogP contribution in [0.1, 0.15) is 29.8 Å². The molecule has 6 nitrogen and oxygen atoms in total. The third kappa shape index (κ3) is 2.43. The molecule has 0 amide bonds. The van der Waals surface area contributed by atoms with Gasteiger partial charge in [0.15, 0.2) is 11.5 Å². The van der Waals surface area contributed by atoms with E-state index in [1.165, 1.54) is 0 Å². The molecule has 0 saturated carbocycles. The van der Waals surface area contributed by atoms with Crippen LogP contribution in [0.2, 0.25) is 0 Å². The van der Waals surface area contributed by atoms with E-state index in [0.717, 1.165) is 21.5 Å². The number of aromatic nitrogens is 5. The van der Waals surface area contributed by atoms with Gasteiger partial charge in [0, 0.05) is 10.7 Å². The normalized spacial score (nSPS) is 13.0. The highest BCUT2D eigenvalue weighted by Gasteiger charge is 2.18. The van der Waals surface area contributed by atoms with Gasteiger partial charge in [0.05, 0.1) is 5.38 Å². The summed E-state index contributed by atoms with van der Waals surface area (Å²) in [7, 11) is 0. The maximum Gasteiger partial charge on any atom is 0.246 e. The maximum absolute atomic E-state index is 6.20. The first-order chi connectivity index (χ1) is 9.54. The molecule has 104 valence electrons. The number of hydrogen-bond donors (Lipinski definition) is 0. The van der Waals surface area contributed by atoms with E-state index in [1.807, 2.05) is 17.6 Å². The van der Waals surface area contributed by atoms with Crippen LogP contribution in [0.5, 0.6) is 0 Å². The highest BCUT2D eigenvalue weighted by Crippen LogP contribution is 2.25. The number of fused-ring (bicyclic) bond motifs is 1. The van der Waals surface area contributed by atoms with Crippen molar-refractivity contribution in [1.82, 2.24) is 24.7 Å². The second-order valence-corrected chi connectivity index (χ2v) is 5.97. The fraction of sp³-hybridized carbons (Fsp3) is 0.333. The summed E-state index contributed by atoms with van der Waals surface area (Å²) in [6.07, 6.45) is 1.72. The standard InChI is InChI=1S/C12H11BrClN5O/c1-6(14)11-17-9-3-8(13)4-15-12(9)19(11)5-10-16-7(2)18-20-10/h3-4,6H,5H2,1-2H3. The highest BCUT2D eigenvalue weighted by atomic mass is 79.9. The van der Waals surface area contributed by atoms with Crippen molar-refractivity contribution >= 4 is 38.7 Å². The van der Waals surface area contributed by atoms with Crippen LogP contribution in [0.3, 0.4) is 0 Å². The highest BCUT2D eigenvalue weighted by molar-refractivity contribution is 9.10. The molecule has 1 unspecified atom stereocenters. The van der Waals surface area contributed by atoms with Crippen molar-refractivity contribution in [3.63, 3.8) is 0 Å². The maximum atomic E-state index is 6.20. The Kier molecular flexibility index (Phi) is 3.47. The average molecular weight is 357 g/mol. The Bertz CT molecular complexity index is 766. The van der Waals surface area contributed by atoms with Crippen LogP contribution in [0.4, 0.5) is 0 Å². The number of rotatable bonds is 3. The lowest BCUT2D eigenvalue weighted by Crippen LogP contribution is -2.06. The predicted octanol–water partition coefficient (Wildman–Crippen LogP) is 3.23. The lowest BCUT2D eigenvalue weighted by Gasteiger charge is -2.06. The lowest BCUT2D eigenvalue weighted by molar-refractivity contribution is 0.367. The zero-order chi connectivity index (χ0) is 14.3. The van der Waals surface area contributed by atoms with E-state index in [1.54, 1.807) is 13.1 Å². The van der Waals surface area contributed by atoms with Crippen molar-refractivity contribution < 1.29 is 4.52 Å². The van der Waals surface area contributed by atoms with Gasteiger partial charge >= 0.3 is 0 Å². The molecular formula is C12H11BrClN5O. The Hall–Kier alpha value is -1.47. The van der Waals surface area contributed by atoms with Crippen molar-refractivity contribution in [2.24, 2.45) is 0 Å². The third-order valence-electron chi connectivity index (χ3n) is 2.80. The Morgan fingerprint density at radius 3 is 2.90 bits per heavy atom. The zero-order valence-electron chi connectivity index (χ0n) is 10.8. The summed E-state index contributed by atoms with van der Waals surface area (Å²) in [5, 5.41) is 3.54. The molecule has 0 aliphatic heterocycles. The molecule has 3 rings (SSSR count). The SMILES string of the molecule is Cc1noc(Cn2c(C(C)Cl)nc3cc(Br)cnc32)n1. The molecule has 0 aliphatic rings. The second kappa shape index (κ2) is 5.14. The van der Waals surface area contributed by atoms with Gasteiger partial charge in [0.1, 0.15) is 17.9 Å². The van der Waals surface area contributed by atoms with Gasteiger partial charge in [-0.2, -0.15) is 4.98 Å². The Morgan fingerprint density at radius 1 is 1.45 bits per heavy atom. The molecule has 1 atom stereocenters. The van der Waals surface area contributed by atoms with Crippen molar-refractivity contribution in [3.8, 4) is 0 Å². The number of imidazole rings is 1. The largest absolute Gasteiger partial charge is 0.337 e. The first-order valence-corrected chi connectivity index (χ1v) is 7.22. The number of nitrogens with zero attached hydrogens (tertiary/aromatic N) is 5. The van der Waals surface area contributed by atoms with E-state index in [0.29, 0.717) is 18.3 Å². The number of hydrogen-bond acceptors (Lipinski definition) is 5. The van der Waals surface area contributed by atoms with Gasteiger partial charge in [-0.05, 0) is 35.8 Å². The number of alkyl halides is 1.